The normalized spacial score (nSPS) is 17.6. The van der Waals surface area contributed by atoms with Crippen LogP contribution in [-0.4, -0.2) is 31.1 Å². The van der Waals surface area contributed by atoms with Crippen LogP contribution in [-0.2, 0) is 13.0 Å². The van der Waals surface area contributed by atoms with Crippen LogP contribution in [0.5, 0.6) is 0 Å². The highest BCUT2D eigenvalue weighted by Gasteiger charge is 2.10. The smallest absolute Gasteiger partial charge is 0.0235 e. The molecule has 2 rings (SSSR count). The highest BCUT2D eigenvalue weighted by molar-refractivity contribution is 5.29. The van der Waals surface area contributed by atoms with Crippen molar-refractivity contribution in [3.8, 4) is 0 Å². The van der Waals surface area contributed by atoms with Crippen molar-refractivity contribution in [2.45, 2.75) is 26.8 Å². The van der Waals surface area contributed by atoms with Gasteiger partial charge in [0, 0.05) is 32.7 Å². The number of piperazine rings is 1. The summed E-state index contributed by atoms with van der Waals surface area (Å²) < 4.78 is 0. The van der Waals surface area contributed by atoms with Crippen LogP contribution in [0.2, 0.25) is 0 Å². The number of aryl methyl sites for hydroxylation is 2. The summed E-state index contributed by atoms with van der Waals surface area (Å²) >= 11 is 0. The van der Waals surface area contributed by atoms with E-state index in [0.717, 1.165) is 26.1 Å². The second kappa shape index (κ2) is 5.46. The summed E-state index contributed by atoms with van der Waals surface area (Å²) in [4.78, 5) is 2.53. The molecule has 0 spiro atoms. The molecule has 1 saturated heterocycles. The lowest BCUT2D eigenvalue weighted by Crippen LogP contribution is -2.42. The predicted octanol–water partition coefficient (Wildman–Crippen LogP) is 1.96. The molecule has 16 heavy (non-hydrogen) atoms. The molecule has 0 aliphatic carbocycles. The van der Waals surface area contributed by atoms with Crippen molar-refractivity contribution in [2.24, 2.45) is 0 Å². The molecule has 1 aliphatic heterocycles. The van der Waals surface area contributed by atoms with Gasteiger partial charge >= 0.3 is 0 Å². The minimum absolute atomic E-state index is 1.11. The maximum absolute atomic E-state index is 3.39. The Hall–Kier alpha value is -0.860. The zero-order valence-electron chi connectivity index (χ0n) is 10.4. The molecule has 0 bridgehead atoms. The highest BCUT2D eigenvalue weighted by Crippen LogP contribution is 2.13. The van der Waals surface area contributed by atoms with Crippen LogP contribution < -0.4 is 5.32 Å². The van der Waals surface area contributed by atoms with Gasteiger partial charge in [0.15, 0.2) is 0 Å². The third-order valence-corrected chi connectivity index (χ3v) is 3.22. The molecule has 1 aromatic carbocycles. The first-order chi connectivity index (χ1) is 7.78. The Morgan fingerprint density at radius 2 is 1.81 bits per heavy atom. The van der Waals surface area contributed by atoms with Crippen molar-refractivity contribution in [3.05, 3.63) is 34.9 Å². The van der Waals surface area contributed by atoms with Gasteiger partial charge in [-0.3, -0.25) is 4.90 Å². The molecule has 0 saturated carbocycles. The third kappa shape index (κ3) is 3.06. The largest absolute Gasteiger partial charge is 0.314 e. The van der Waals surface area contributed by atoms with Crippen molar-refractivity contribution in [3.63, 3.8) is 0 Å². The summed E-state index contributed by atoms with van der Waals surface area (Å²) in [5.74, 6) is 0. The van der Waals surface area contributed by atoms with Crippen LogP contribution in [0.25, 0.3) is 0 Å². The molecule has 1 fully saturated rings. The number of hydrogen-bond donors (Lipinski definition) is 1. The Bertz CT molecular complexity index is 341. The first-order valence-corrected chi connectivity index (χ1v) is 6.30. The summed E-state index contributed by atoms with van der Waals surface area (Å²) in [6.07, 6.45) is 1.14. The first kappa shape index (κ1) is 11.6. The van der Waals surface area contributed by atoms with E-state index in [1.165, 1.54) is 29.8 Å². The molecule has 0 aromatic heterocycles. The molecule has 2 nitrogen and oxygen atoms in total. The van der Waals surface area contributed by atoms with Crippen LogP contribution in [0.3, 0.4) is 0 Å². The lowest BCUT2D eigenvalue weighted by Gasteiger charge is -2.27. The zero-order valence-corrected chi connectivity index (χ0v) is 10.4. The van der Waals surface area contributed by atoms with Crippen molar-refractivity contribution in [1.29, 1.82) is 0 Å². The molecular formula is C14H22N2. The van der Waals surface area contributed by atoms with Gasteiger partial charge in [-0.2, -0.15) is 0 Å². The zero-order chi connectivity index (χ0) is 11.4. The average molecular weight is 218 g/mol. The minimum atomic E-state index is 1.11. The summed E-state index contributed by atoms with van der Waals surface area (Å²) in [6.45, 7) is 10.1. The van der Waals surface area contributed by atoms with E-state index < -0.39 is 0 Å². The van der Waals surface area contributed by atoms with Gasteiger partial charge in [0.2, 0.25) is 0 Å². The van der Waals surface area contributed by atoms with Gasteiger partial charge in [0.25, 0.3) is 0 Å². The maximum atomic E-state index is 3.39. The van der Waals surface area contributed by atoms with E-state index in [1.807, 2.05) is 0 Å². The van der Waals surface area contributed by atoms with Crippen molar-refractivity contribution in [2.75, 3.05) is 26.2 Å². The molecule has 2 heteroatoms. The van der Waals surface area contributed by atoms with E-state index in [1.54, 1.807) is 0 Å². The number of hydrogen-bond acceptors (Lipinski definition) is 2. The fourth-order valence-corrected chi connectivity index (χ4v) is 2.37. The first-order valence-electron chi connectivity index (χ1n) is 6.30. The summed E-state index contributed by atoms with van der Waals surface area (Å²) in [5, 5.41) is 3.39. The minimum Gasteiger partial charge on any atom is -0.314 e. The van der Waals surface area contributed by atoms with Gasteiger partial charge in [-0.1, -0.05) is 30.7 Å². The van der Waals surface area contributed by atoms with Crippen LogP contribution in [0.4, 0.5) is 0 Å². The van der Waals surface area contributed by atoms with Gasteiger partial charge in [0.1, 0.15) is 0 Å². The summed E-state index contributed by atoms with van der Waals surface area (Å²) in [7, 11) is 0. The monoisotopic (exact) mass is 218 g/mol. The van der Waals surface area contributed by atoms with Crippen LogP contribution in [0.1, 0.15) is 23.6 Å². The van der Waals surface area contributed by atoms with Crippen LogP contribution in [0, 0.1) is 6.92 Å². The van der Waals surface area contributed by atoms with E-state index in [-0.39, 0.29) is 0 Å². The molecule has 0 amide bonds. The Morgan fingerprint density at radius 1 is 1.12 bits per heavy atom. The van der Waals surface area contributed by atoms with Gasteiger partial charge in [-0.25, -0.2) is 0 Å². The molecule has 88 valence electrons. The Balaban J connectivity index is 2.04. The molecule has 1 N–H and O–H groups in total. The fourth-order valence-electron chi connectivity index (χ4n) is 2.37. The molecule has 1 aliphatic rings. The standard InChI is InChI=1S/C14H22N2/c1-3-13-8-12(2)9-14(10-13)11-16-6-4-15-5-7-16/h8-10,15H,3-7,11H2,1-2H3. The second-order valence-electron chi connectivity index (χ2n) is 4.71. The molecule has 1 aromatic rings. The number of nitrogens with zero attached hydrogens (tertiary/aromatic N) is 1. The van der Waals surface area contributed by atoms with E-state index in [0.29, 0.717) is 0 Å². The second-order valence-corrected chi connectivity index (χ2v) is 4.71. The molecule has 0 atom stereocenters. The van der Waals surface area contributed by atoms with Crippen LogP contribution in [0.15, 0.2) is 18.2 Å². The maximum Gasteiger partial charge on any atom is 0.0235 e. The summed E-state index contributed by atoms with van der Waals surface area (Å²) in [6, 6.07) is 6.97. The molecule has 0 radical (unpaired) electrons. The average Bonchev–Trinajstić information content (AvgIpc) is 2.29. The third-order valence-electron chi connectivity index (χ3n) is 3.22. The van der Waals surface area contributed by atoms with E-state index >= 15 is 0 Å². The van der Waals surface area contributed by atoms with Gasteiger partial charge in [-0.05, 0) is 24.5 Å². The van der Waals surface area contributed by atoms with E-state index in [9.17, 15) is 0 Å². The van der Waals surface area contributed by atoms with Gasteiger partial charge in [0.05, 0.1) is 0 Å². The topological polar surface area (TPSA) is 15.3 Å². The van der Waals surface area contributed by atoms with Crippen molar-refractivity contribution in [1.82, 2.24) is 10.2 Å². The van der Waals surface area contributed by atoms with E-state index in [4.69, 9.17) is 0 Å². The summed E-state index contributed by atoms with van der Waals surface area (Å²) in [5.41, 5.74) is 4.33. The predicted molar refractivity (Wildman–Crippen MR) is 68.7 cm³/mol. The highest BCUT2D eigenvalue weighted by atomic mass is 15.2. The Labute approximate surface area is 98.7 Å². The lowest BCUT2D eigenvalue weighted by atomic mass is 10.0. The van der Waals surface area contributed by atoms with Crippen LogP contribution >= 0.6 is 0 Å². The molecule has 1 heterocycles. The number of nitrogens with one attached hydrogen (secondary N) is 1. The fraction of sp³-hybridized carbons (Fsp3) is 0.571. The molecule has 0 unspecified atom stereocenters. The number of rotatable bonds is 3. The van der Waals surface area contributed by atoms with Crippen molar-refractivity contribution < 1.29 is 0 Å². The molecular weight excluding hydrogens is 196 g/mol. The SMILES string of the molecule is CCc1cc(C)cc(CN2CCNCC2)c1. The Kier molecular flexibility index (Phi) is 3.97. The number of benzene rings is 1. The van der Waals surface area contributed by atoms with Gasteiger partial charge in [-0.15, -0.1) is 0 Å². The Morgan fingerprint density at radius 3 is 2.50 bits per heavy atom. The van der Waals surface area contributed by atoms with Crippen molar-refractivity contribution >= 4 is 0 Å². The lowest BCUT2D eigenvalue weighted by molar-refractivity contribution is 0.233. The van der Waals surface area contributed by atoms with E-state index in [2.05, 4.69) is 42.3 Å². The quantitative estimate of drug-likeness (QED) is 0.834. The van der Waals surface area contributed by atoms with Gasteiger partial charge < -0.3 is 5.32 Å².